The number of carbonyl (C=O) groups is 1. The standard InChI is InChI=1S/C15H14N4O/c1-11-4-5-16-13(8-11)9-18-15(20)12-2-3-14-17-6-7-19(14)10-12/h2-8,10H,9H2,1H3,(H,18,20). The SMILES string of the molecule is Cc1ccnc(CNC(=O)c2ccc3nccn3c2)c1. The van der Waals surface area contributed by atoms with Gasteiger partial charge >= 0.3 is 0 Å². The van der Waals surface area contributed by atoms with Crippen LogP contribution in [-0.2, 0) is 6.54 Å². The summed E-state index contributed by atoms with van der Waals surface area (Å²) in [6.07, 6.45) is 7.03. The number of imidazole rings is 1. The van der Waals surface area contributed by atoms with E-state index in [-0.39, 0.29) is 5.91 Å². The minimum absolute atomic E-state index is 0.121. The van der Waals surface area contributed by atoms with E-state index in [0.29, 0.717) is 12.1 Å². The molecule has 0 bridgehead atoms. The van der Waals surface area contributed by atoms with Gasteiger partial charge in [0.25, 0.3) is 5.91 Å². The van der Waals surface area contributed by atoms with Crippen molar-refractivity contribution >= 4 is 11.6 Å². The number of hydrogen-bond donors (Lipinski definition) is 1. The van der Waals surface area contributed by atoms with Crippen molar-refractivity contribution in [1.29, 1.82) is 0 Å². The van der Waals surface area contributed by atoms with Crippen LogP contribution in [0.3, 0.4) is 0 Å². The molecule has 0 atom stereocenters. The number of nitrogens with zero attached hydrogens (tertiary/aromatic N) is 3. The third-order valence-electron chi connectivity index (χ3n) is 3.05. The Balaban J connectivity index is 1.72. The second-order valence-electron chi connectivity index (χ2n) is 4.62. The van der Waals surface area contributed by atoms with Crippen molar-refractivity contribution in [3.05, 3.63) is 65.9 Å². The Hall–Kier alpha value is -2.69. The Morgan fingerprint density at radius 1 is 1.25 bits per heavy atom. The number of aromatic nitrogens is 3. The van der Waals surface area contributed by atoms with Crippen molar-refractivity contribution in [3.63, 3.8) is 0 Å². The van der Waals surface area contributed by atoms with Gasteiger partial charge in [-0.3, -0.25) is 9.78 Å². The first-order chi connectivity index (χ1) is 9.72. The zero-order valence-electron chi connectivity index (χ0n) is 11.1. The molecule has 0 spiro atoms. The first kappa shape index (κ1) is 12.3. The monoisotopic (exact) mass is 266 g/mol. The van der Waals surface area contributed by atoms with Crippen molar-refractivity contribution in [3.8, 4) is 0 Å². The topological polar surface area (TPSA) is 59.3 Å². The molecular formula is C15H14N4O. The van der Waals surface area contributed by atoms with Crippen LogP contribution in [0.15, 0.2) is 49.1 Å². The molecule has 1 amide bonds. The fourth-order valence-corrected chi connectivity index (χ4v) is 2.02. The number of fused-ring (bicyclic) bond motifs is 1. The highest BCUT2D eigenvalue weighted by atomic mass is 16.1. The number of hydrogen-bond acceptors (Lipinski definition) is 3. The molecule has 0 fully saturated rings. The molecule has 0 aliphatic carbocycles. The summed E-state index contributed by atoms with van der Waals surface area (Å²) < 4.78 is 1.82. The van der Waals surface area contributed by atoms with E-state index in [1.165, 1.54) is 0 Å². The van der Waals surface area contributed by atoms with Crippen LogP contribution >= 0.6 is 0 Å². The molecule has 0 radical (unpaired) electrons. The molecule has 0 aromatic carbocycles. The van der Waals surface area contributed by atoms with Gasteiger partial charge in [-0.05, 0) is 36.8 Å². The lowest BCUT2D eigenvalue weighted by Gasteiger charge is -2.06. The molecule has 0 aliphatic heterocycles. The largest absolute Gasteiger partial charge is 0.346 e. The lowest BCUT2D eigenvalue weighted by molar-refractivity contribution is 0.0950. The number of carbonyl (C=O) groups excluding carboxylic acids is 1. The molecule has 100 valence electrons. The first-order valence-electron chi connectivity index (χ1n) is 6.35. The maximum absolute atomic E-state index is 12.1. The van der Waals surface area contributed by atoms with Gasteiger partial charge in [-0.1, -0.05) is 0 Å². The minimum atomic E-state index is -0.121. The molecule has 3 rings (SSSR count). The zero-order valence-corrected chi connectivity index (χ0v) is 11.1. The molecule has 5 heteroatoms. The van der Waals surface area contributed by atoms with Gasteiger partial charge in [-0.25, -0.2) is 4.98 Å². The minimum Gasteiger partial charge on any atom is -0.346 e. The predicted molar refractivity (Wildman–Crippen MR) is 75.3 cm³/mol. The third-order valence-corrected chi connectivity index (χ3v) is 3.05. The van der Waals surface area contributed by atoms with E-state index < -0.39 is 0 Å². The number of pyridine rings is 2. The molecule has 3 heterocycles. The van der Waals surface area contributed by atoms with Crippen molar-refractivity contribution in [1.82, 2.24) is 19.7 Å². The normalized spacial score (nSPS) is 10.7. The molecule has 0 unspecified atom stereocenters. The summed E-state index contributed by atoms with van der Waals surface area (Å²) in [5.41, 5.74) is 3.40. The number of aryl methyl sites for hydroxylation is 1. The third kappa shape index (κ3) is 2.51. The van der Waals surface area contributed by atoms with E-state index in [1.54, 1.807) is 24.7 Å². The molecule has 0 saturated carbocycles. The molecule has 1 N–H and O–H groups in total. The Labute approximate surface area is 116 Å². The first-order valence-corrected chi connectivity index (χ1v) is 6.35. The number of nitrogens with one attached hydrogen (secondary N) is 1. The molecule has 0 aliphatic rings. The lowest BCUT2D eigenvalue weighted by Crippen LogP contribution is -2.23. The van der Waals surface area contributed by atoms with Crippen molar-refractivity contribution < 1.29 is 4.79 Å². The van der Waals surface area contributed by atoms with Gasteiger partial charge in [-0.2, -0.15) is 0 Å². The van der Waals surface area contributed by atoms with Crippen LogP contribution in [0.4, 0.5) is 0 Å². The van der Waals surface area contributed by atoms with Crippen molar-refractivity contribution in [2.45, 2.75) is 13.5 Å². The summed E-state index contributed by atoms with van der Waals surface area (Å²) in [6, 6.07) is 7.47. The van der Waals surface area contributed by atoms with Crippen LogP contribution in [0.5, 0.6) is 0 Å². The van der Waals surface area contributed by atoms with E-state index in [1.807, 2.05) is 35.7 Å². The summed E-state index contributed by atoms with van der Waals surface area (Å²) in [5, 5.41) is 2.86. The summed E-state index contributed by atoms with van der Waals surface area (Å²) in [6.45, 7) is 2.42. The van der Waals surface area contributed by atoms with E-state index in [9.17, 15) is 4.79 Å². The van der Waals surface area contributed by atoms with E-state index in [4.69, 9.17) is 0 Å². The van der Waals surface area contributed by atoms with Gasteiger partial charge in [-0.15, -0.1) is 0 Å². The molecule has 3 aromatic rings. The van der Waals surface area contributed by atoms with E-state index in [2.05, 4.69) is 15.3 Å². The Morgan fingerprint density at radius 2 is 2.15 bits per heavy atom. The lowest BCUT2D eigenvalue weighted by atomic mass is 10.2. The van der Waals surface area contributed by atoms with Crippen LogP contribution < -0.4 is 5.32 Å². The average molecular weight is 266 g/mol. The average Bonchev–Trinajstić information content (AvgIpc) is 2.92. The second kappa shape index (κ2) is 5.13. The van der Waals surface area contributed by atoms with Gasteiger partial charge in [0, 0.05) is 24.8 Å². The fourth-order valence-electron chi connectivity index (χ4n) is 2.02. The number of amides is 1. The smallest absolute Gasteiger partial charge is 0.253 e. The van der Waals surface area contributed by atoms with Crippen molar-refractivity contribution in [2.75, 3.05) is 0 Å². The predicted octanol–water partition coefficient (Wildman–Crippen LogP) is 1.97. The molecule has 0 saturated heterocycles. The van der Waals surface area contributed by atoms with Crippen LogP contribution in [-0.4, -0.2) is 20.3 Å². The second-order valence-corrected chi connectivity index (χ2v) is 4.62. The summed E-state index contributed by atoms with van der Waals surface area (Å²) in [5.74, 6) is -0.121. The van der Waals surface area contributed by atoms with Gasteiger partial charge in [0.15, 0.2) is 0 Å². The maximum Gasteiger partial charge on any atom is 0.253 e. The summed E-state index contributed by atoms with van der Waals surface area (Å²) >= 11 is 0. The van der Waals surface area contributed by atoms with Crippen LogP contribution in [0.25, 0.3) is 5.65 Å². The van der Waals surface area contributed by atoms with Crippen LogP contribution in [0, 0.1) is 6.92 Å². The molecule has 5 nitrogen and oxygen atoms in total. The zero-order chi connectivity index (χ0) is 13.9. The van der Waals surface area contributed by atoms with E-state index in [0.717, 1.165) is 16.9 Å². The van der Waals surface area contributed by atoms with Crippen LogP contribution in [0.2, 0.25) is 0 Å². The molecule has 20 heavy (non-hydrogen) atoms. The Kier molecular flexibility index (Phi) is 3.16. The quantitative estimate of drug-likeness (QED) is 0.788. The van der Waals surface area contributed by atoms with Crippen LogP contribution in [0.1, 0.15) is 21.6 Å². The summed E-state index contributed by atoms with van der Waals surface area (Å²) in [4.78, 5) is 20.5. The molecular weight excluding hydrogens is 252 g/mol. The van der Waals surface area contributed by atoms with Gasteiger partial charge in [0.05, 0.1) is 17.8 Å². The molecule has 3 aromatic heterocycles. The van der Waals surface area contributed by atoms with Gasteiger partial charge < -0.3 is 9.72 Å². The van der Waals surface area contributed by atoms with E-state index >= 15 is 0 Å². The van der Waals surface area contributed by atoms with Gasteiger partial charge in [0.1, 0.15) is 5.65 Å². The Morgan fingerprint density at radius 3 is 3.00 bits per heavy atom. The maximum atomic E-state index is 12.1. The Bertz CT molecular complexity index is 763. The summed E-state index contributed by atoms with van der Waals surface area (Å²) in [7, 11) is 0. The highest BCUT2D eigenvalue weighted by molar-refractivity contribution is 5.94. The fraction of sp³-hybridized carbons (Fsp3) is 0.133. The highest BCUT2D eigenvalue weighted by Crippen LogP contribution is 2.05. The highest BCUT2D eigenvalue weighted by Gasteiger charge is 2.07. The van der Waals surface area contributed by atoms with Crippen molar-refractivity contribution in [2.24, 2.45) is 0 Å². The van der Waals surface area contributed by atoms with Gasteiger partial charge in [0.2, 0.25) is 0 Å². The number of rotatable bonds is 3.